The number of hydrogen-bond acceptors (Lipinski definition) is 3. The number of halogens is 2. The molecule has 1 heterocycles. The Morgan fingerprint density at radius 1 is 1.60 bits per heavy atom. The van der Waals surface area contributed by atoms with Crippen LogP contribution in [-0.2, 0) is 11.3 Å². The zero-order chi connectivity index (χ0) is 10.2. The number of nitrogens with one attached hydrogen (secondary N) is 1. The van der Waals surface area contributed by atoms with E-state index in [-0.39, 0.29) is 18.3 Å². The van der Waals surface area contributed by atoms with E-state index < -0.39 is 5.54 Å². The van der Waals surface area contributed by atoms with Gasteiger partial charge in [-0.25, -0.2) is 0 Å². The highest BCUT2D eigenvalue weighted by atomic mass is 79.9. The summed E-state index contributed by atoms with van der Waals surface area (Å²) >= 11 is 4.99. The first-order chi connectivity index (χ1) is 6.60. The summed E-state index contributed by atoms with van der Waals surface area (Å²) in [6, 6.07) is 3.96. The molecule has 0 atom stereocenters. The van der Waals surface area contributed by atoms with Crippen molar-refractivity contribution in [2.45, 2.75) is 24.9 Å². The van der Waals surface area contributed by atoms with E-state index in [1.54, 1.807) is 11.3 Å². The van der Waals surface area contributed by atoms with E-state index in [1.165, 1.54) is 0 Å². The van der Waals surface area contributed by atoms with Gasteiger partial charge in [-0.2, -0.15) is 0 Å². The van der Waals surface area contributed by atoms with Gasteiger partial charge >= 0.3 is 0 Å². The Hall–Kier alpha value is -0.100. The molecule has 1 aromatic rings. The van der Waals surface area contributed by atoms with Gasteiger partial charge < -0.3 is 11.1 Å². The molecule has 1 aliphatic rings. The summed E-state index contributed by atoms with van der Waals surface area (Å²) in [4.78, 5) is 12.6. The van der Waals surface area contributed by atoms with Gasteiger partial charge in [-0.1, -0.05) is 0 Å². The lowest BCUT2D eigenvalue weighted by atomic mass is 10.3. The second kappa shape index (κ2) is 4.82. The highest BCUT2D eigenvalue weighted by Crippen LogP contribution is 2.32. The van der Waals surface area contributed by atoms with Crippen LogP contribution in [0.4, 0.5) is 0 Å². The molecular formula is C9H12BrClN2OS. The Balaban J connectivity index is 0.00000112. The average Bonchev–Trinajstić information content (AvgIpc) is 2.76. The Morgan fingerprint density at radius 2 is 2.27 bits per heavy atom. The van der Waals surface area contributed by atoms with Crippen molar-refractivity contribution in [3.8, 4) is 0 Å². The molecule has 2 rings (SSSR count). The van der Waals surface area contributed by atoms with Crippen LogP contribution in [0.3, 0.4) is 0 Å². The van der Waals surface area contributed by atoms with E-state index in [2.05, 4.69) is 21.2 Å². The number of thiophene rings is 1. The maximum atomic E-state index is 11.5. The van der Waals surface area contributed by atoms with Crippen molar-refractivity contribution in [1.82, 2.24) is 5.32 Å². The summed E-state index contributed by atoms with van der Waals surface area (Å²) in [6.07, 6.45) is 1.62. The van der Waals surface area contributed by atoms with Gasteiger partial charge in [0.2, 0.25) is 5.91 Å². The van der Waals surface area contributed by atoms with Crippen LogP contribution in [0.15, 0.2) is 15.9 Å². The van der Waals surface area contributed by atoms with Crippen molar-refractivity contribution in [3.05, 3.63) is 20.8 Å². The molecule has 0 bridgehead atoms. The van der Waals surface area contributed by atoms with Crippen molar-refractivity contribution < 1.29 is 4.79 Å². The van der Waals surface area contributed by atoms with E-state index in [0.717, 1.165) is 21.5 Å². The number of carbonyl (C=O) groups excluding carboxylic acids is 1. The zero-order valence-corrected chi connectivity index (χ0v) is 11.2. The first-order valence-electron chi connectivity index (χ1n) is 4.41. The van der Waals surface area contributed by atoms with E-state index in [1.807, 2.05) is 12.1 Å². The van der Waals surface area contributed by atoms with Crippen LogP contribution in [-0.4, -0.2) is 11.4 Å². The second-order valence-corrected chi connectivity index (χ2v) is 6.09. The smallest absolute Gasteiger partial charge is 0.240 e. The van der Waals surface area contributed by atoms with Crippen LogP contribution in [0.5, 0.6) is 0 Å². The van der Waals surface area contributed by atoms with Crippen LogP contribution in [0, 0.1) is 0 Å². The van der Waals surface area contributed by atoms with Gasteiger partial charge in [-0.3, -0.25) is 4.79 Å². The summed E-state index contributed by atoms with van der Waals surface area (Å²) in [5.41, 5.74) is 5.18. The molecule has 3 N–H and O–H groups in total. The molecule has 15 heavy (non-hydrogen) atoms. The van der Waals surface area contributed by atoms with Crippen molar-refractivity contribution in [2.75, 3.05) is 0 Å². The van der Waals surface area contributed by atoms with Crippen LogP contribution in [0.25, 0.3) is 0 Å². The lowest BCUT2D eigenvalue weighted by molar-refractivity contribution is -0.123. The van der Waals surface area contributed by atoms with E-state index >= 15 is 0 Å². The first-order valence-corrected chi connectivity index (χ1v) is 6.02. The average molecular weight is 312 g/mol. The molecule has 1 saturated carbocycles. The lowest BCUT2D eigenvalue weighted by Gasteiger charge is -2.08. The standard InChI is InChI=1S/C9H11BrN2OS.ClH/c10-7-2-1-6(14-7)5-12-8(13)9(11)3-4-9;/h1-2H,3-5,11H2,(H,12,13);1H. The molecule has 3 nitrogen and oxygen atoms in total. The number of hydrogen-bond donors (Lipinski definition) is 2. The molecule has 0 unspecified atom stereocenters. The van der Waals surface area contributed by atoms with Crippen molar-refractivity contribution in [1.29, 1.82) is 0 Å². The van der Waals surface area contributed by atoms with Gasteiger partial charge in [-0.05, 0) is 40.9 Å². The molecule has 0 radical (unpaired) electrons. The summed E-state index contributed by atoms with van der Waals surface area (Å²) in [5.74, 6) is -0.0259. The first kappa shape index (κ1) is 13.0. The van der Waals surface area contributed by atoms with Crippen molar-refractivity contribution >= 4 is 45.6 Å². The highest BCUT2D eigenvalue weighted by Gasteiger charge is 2.45. The Bertz CT molecular complexity index is 365. The molecular weight excluding hydrogens is 300 g/mol. The molecule has 0 aliphatic heterocycles. The van der Waals surface area contributed by atoms with Crippen molar-refractivity contribution in [3.63, 3.8) is 0 Å². The van der Waals surface area contributed by atoms with Gasteiger partial charge in [0.1, 0.15) is 0 Å². The van der Waals surface area contributed by atoms with Crippen LogP contribution < -0.4 is 11.1 Å². The van der Waals surface area contributed by atoms with Gasteiger partial charge in [-0.15, -0.1) is 23.7 Å². The van der Waals surface area contributed by atoms with E-state index in [0.29, 0.717) is 6.54 Å². The summed E-state index contributed by atoms with van der Waals surface area (Å²) in [5, 5.41) is 2.84. The fourth-order valence-corrected chi connectivity index (χ4v) is 2.57. The summed E-state index contributed by atoms with van der Waals surface area (Å²) in [7, 11) is 0. The van der Waals surface area contributed by atoms with Crippen LogP contribution >= 0.6 is 39.7 Å². The third kappa shape index (κ3) is 3.17. The fourth-order valence-electron chi connectivity index (χ4n) is 1.15. The SMILES string of the molecule is Cl.NC1(C(=O)NCc2ccc(Br)s2)CC1. The normalized spacial score (nSPS) is 16.7. The Morgan fingerprint density at radius 3 is 2.73 bits per heavy atom. The minimum atomic E-state index is -0.561. The lowest BCUT2D eigenvalue weighted by Crippen LogP contribution is -2.42. The molecule has 0 aromatic carbocycles. The zero-order valence-electron chi connectivity index (χ0n) is 7.96. The maximum absolute atomic E-state index is 11.5. The minimum Gasteiger partial charge on any atom is -0.350 e. The van der Waals surface area contributed by atoms with E-state index in [9.17, 15) is 4.79 Å². The van der Waals surface area contributed by atoms with Crippen LogP contribution in [0.1, 0.15) is 17.7 Å². The van der Waals surface area contributed by atoms with Crippen LogP contribution in [0.2, 0.25) is 0 Å². The molecule has 1 amide bonds. The number of amides is 1. The van der Waals surface area contributed by atoms with E-state index in [4.69, 9.17) is 5.73 Å². The molecule has 0 spiro atoms. The number of nitrogens with two attached hydrogens (primary N) is 1. The Kier molecular flexibility index (Phi) is 4.17. The molecule has 1 fully saturated rings. The molecule has 0 saturated heterocycles. The van der Waals surface area contributed by atoms with Gasteiger partial charge in [0, 0.05) is 4.88 Å². The maximum Gasteiger partial charge on any atom is 0.240 e. The topological polar surface area (TPSA) is 55.1 Å². The van der Waals surface area contributed by atoms with Crippen molar-refractivity contribution in [2.24, 2.45) is 5.73 Å². The van der Waals surface area contributed by atoms with Gasteiger partial charge in [0.25, 0.3) is 0 Å². The number of rotatable bonds is 3. The molecule has 1 aromatic heterocycles. The second-order valence-electron chi connectivity index (χ2n) is 3.54. The highest BCUT2D eigenvalue weighted by molar-refractivity contribution is 9.11. The molecule has 1 aliphatic carbocycles. The van der Waals surface area contributed by atoms with Gasteiger partial charge in [0.15, 0.2) is 0 Å². The fraction of sp³-hybridized carbons (Fsp3) is 0.444. The molecule has 6 heteroatoms. The monoisotopic (exact) mass is 310 g/mol. The Labute approximate surface area is 107 Å². The third-order valence-electron chi connectivity index (χ3n) is 2.29. The molecule has 84 valence electrons. The van der Waals surface area contributed by atoms with Gasteiger partial charge in [0.05, 0.1) is 15.9 Å². The predicted octanol–water partition coefficient (Wildman–Crippen LogP) is 2.04. The largest absolute Gasteiger partial charge is 0.350 e. The predicted molar refractivity (Wildman–Crippen MR) is 67.3 cm³/mol. The number of carbonyl (C=O) groups is 1. The summed E-state index contributed by atoms with van der Waals surface area (Å²) < 4.78 is 1.08. The third-order valence-corrected chi connectivity index (χ3v) is 3.92. The quantitative estimate of drug-likeness (QED) is 0.897. The summed E-state index contributed by atoms with van der Waals surface area (Å²) in [6.45, 7) is 0.577. The minimum absolute atomic E-state index is 0.